The Balaban J connectivity index is 2.12. The molecule has 0 unspecified atom stereocenters. The van der Waals surface area contributed by atoms with Crippen molar-refractivity contribution in [3.8, 4) is 11.5 Å². The Morgan fingerprint density at radius 1 is 1.33 bits per heavy atom. The summed E-state index contributed by atoms with van der Waals surface area (Å²) in [6.45, 7) is 4.10. The van der Waals surface area contributed by atoms with Gasteiger partial charge in [0.25, 0.3) is 0 Å². The fraction of sp³-hybridized carbons (Fsp3) is 0.500. The van der Waals surface area contributed by atoms with E-state index in [1.807, 2.05) is 32.0 Å². The van der Waals surface area contributed by atoms with Gasteiger partial charge in [-0.3, -0.25) is 0 Å². The lowest BCUT2D eigenvalue weighted by atomic mass is 9.94. The van der Waals surface area contributed by atoms with Gasteiger partial charge in [0.05, 0.1) is 7.11 Å². The highest BCUT2D eigenvalue weighted by Gasteiger charge is 2.57. The Labute approximate surface area is 89.0 Å². The van der Waals surface area contributed by atoms with E-state index in [2.05, 4.69) is 0 Å². The maximum Gasteiger partial charge on any atom is 0.168 e. The highest BCUT2D eigenvalue weighted by Crippen LogP contribution is 2.55. The zero-order valence-corrected chi connectivity index (χ0v) is 9.11. The van der Waals surface area contributed by atoms with Gasteiger partial charge in [0, 0.05) is 5.56 Å². The zero-order valence-electron chi connectivity index (χ0n) is 9.11. The molecule has 0 N–H and O–H groups in total. The second-order valence-electron chi connectivity index (χ2n) is 4.56. The van der Waals surface area contributed by atoms with E-state index in [-0.39, 0.29) is 17.8 Å². The van der Waals surface area contributed by atoms with Crippen molar-refractivity contribution in [3.63, 3.8) is 0 Å². The van der Waals surface area contributed by atoms with E-state index in [1.165, 1.54) is 0 Å². The lowest BCUT2D eigenvalue weighted by Gasteiger charge is -2.30. The number of fused-ring (bicyclic) bond motifs is 3. The standard InChI is InChI=1S/C12H14O3/c1-12(2)11-10(14-11)7-5-4-6-8(13-3)9(7)15-12/h4-6,10-11H,1-3H3/t10-,11-/m1/s1. The van der Waals surface area contributed by atoms with Gasteiger partial charge in [0.1, 0.15) is 17.8 Å². The van der Waals surface area contributed by atoms with Crippen LogP contribution < -0.4 is 9.47 Å². The number of benzene rings is 1. The van der Waals surface area contributed by atoms with Crippen LogP contribution in [-0.2, 0) is 4.74 Å². The molecule has 15 heavy (non-hydrogen) atoms. The molecule has 2 atom stereocenters. The maximum absolute atomic E-state index is 5.95. The fourth-order valence-corrected chi connectivity index (χ4v) is 2.23. The Morgan fingerprint density at radius 2 is 2.13 bits per heavy atom. The smallest absolute Gasteiger partial charge is 0.168 e. The summed E-state index contributed by atoms with van der Waals surface area (Å²) < 4.78 is 16.9. The molecule has 0 amide bonds. The van der Waals surface area contributed by atoms with Crippen molar-refractivity contribution in [2.75, 3.05) is 7.11 Å². The summed E-state index contributed by atoms with van der Waals surface area (Å²) >= 11 is 0. The van der Waals surface area contributed by atoms with E-state index in [9.17, 15) is 0 Å². The number of ether oxygens (including phenoxy) is 3. The van der Waals surface area contributed by atoms with Crippen LogP contribution in [0.3, 0.4) is 0 Å². The molecular formula is C12H14O3. The fourth-order valence-electron chi connectivity index (χ4n) is 2.23. The second-order valence-corrected chi connectivity index (χ2v) is 4.56. The largest absolute Gasteiger partial charge is 0.493 e. The van der Waals surface area contributed by atoms with Crippen LogP contribution in [0.25, 0.3) is 0 Å². The average molecular weight is 206 g/mol. The first-order valence-electron chi connectivity index (χ1n) is 5.15. The van der Waals surface area contributed by atoms with Gasteiger partial charge in [-0.2, -0.15) is 0 Å². The molecule has 3 nitrogen and oxygen atoms in total. The third-order valence-electron chi connectivity index (χ3n) is 3.08. The number of epoxide rings is 1. The first-order chi connectivity index (χ1) is 7.13. The molecule has 0 aromatic heterocycles. The summed E-state index contributed by atoms with van der Waals surface area (Å²) in [4.78, 5) is 0. The monoisotopic (exact) mass is 206 g/mol. The molecule has 2 heterocycles. The van der Waals surface area contributed by atoms with Gasteiger partial charge in [0.2, 0.25) is 0 Å². The Morgan fingerprint density at radius 3 is 2.87 bits per heavy atom. The van der Waals surface area contributed by atoms with Crippen molar-refractivity contribution in [2.24, 2.45) is 0 Å². The second kappa shape index (κ2) is 2.67. The van der Waals surface area contributed by atoms with Gasteiger partial charge in [-0.05, 0) is 19.9 Å². The van der Waals surface area contributed by atoms with Crippen molar-refractivity contribution in [1.29, 1.82) is 0 Å². The summed E-state index contributed by atoms with van der Waals surface area (Å²) in [7, 11) is 1.66. The van der Waals surface area contributed by atoms with Gasteiger partial charge in [0.15, 0.2) is 11.5 Å². The van der Waals surface area contributed by atoms with Gasteiger partial charge in [-0.1, -0.05) is 12.1 Å². The van der Waals surface area contributed by atoms with Crippen LogP contribution in [0.4, 0.5) is 0 Å². The van der Waals surface area contributed by atoms with Crippen molar-refractivity contribution >= 4 is 0 Å². The predicted molar refractivity (Wildman–Crippen MR) is 55.3 cm³/mol. The summed E-state index contributed by atoms with van der Waals surface area (Å²) in [5, 5.41) is 0. The van der Waals surface area contributed by atoms with Crippen LogP contribution in [0.1, 0.15) is 25.5 Å². The van der Waals surface area contributed by atoms with Crippen LogP contribution in [0.2, 0.25) is 0 Å². The third-order valence-corrected chi connectivity index (χ3v) is 3.08. The normalized spacial score (nSPS) is 29.8. The molecule has 0 bridgehead atoms. The molecule has 1 fully saturated rings. The highest BCUT2D eigenvalue weighted by atomic mass is 16.6. The quantitative estimate of drug-likeness (QED) is 0.661. The Bertz CT molecular complexity index is 411. The molecule has 3 heteroatoms. The SMILES string of the molecule is COc1cccc2c1OC(C)(C)[C@@H]1O[C@H]21. The molecule has 1 aromatic rings. The van der Waals surface area contributed by atoms with Crippen molar-refractivity contribution in [2.45, 2.75) is 31.7 Å². The summed E-state index contributed by atoms with van der Waals surface area (Å²) in [5.41, 5.74) is 0.852. The molecule has 1 aromatic carbocycles. The van der Waals surface area contributed by atoms with E-state index < -0.39 is 0 Å². The van der Waals surface area contributed by atoms with E-state index in [0.29, 0.717) is 0 Å². The van der Waals surface area contributed by atoms with Crippen LogP contribution in [0, 0.1) is 0 Å². The lowest BCUT2D eigenvalue weighted by Crippen LogP contribution is -2.37. The lowest BCUT2D eigenvalue weighted by molar-refractivity contribution is 0.0692. The Kier molecular flexibility index (Phi) is 1.61. The molecule has 1 saturated heterocycles. The molecule has 3 rings (SSSR count). The molecular weight excluding hydrogens is 192 g/mol. The van der Waals surface area contributed by atoms with Gasteiger partial charge in [-0.15, -0.1) is 0 Å². The number of hydrogen-bond acceptors (Lipinski definition) is 3. The number of para-hydroxylation sites is 1. The van der Waals surface area contributed by atoms with Gasteiger partial charge >= 0.3 is 0 Å². The minimum atomic E-state index is -0.258. The summed E-state index contributed by atoms with van der Waals surface area (Å²) in [6, 6.07) is 5.92. The average Bonchev–Trinajstić information content (AvgIpc) is 2.97. The minimum absolute atomic E-state index is 0.192. The predicted octanol–water partition coefficient (Wildman–Crippen LogP) is 2.31. The van der Waals surface area contributed by atoms with Gasteiger partial charge in [-0.25, -0.2) is 0 Å². The van der Waals surface area contributed by atoms with Crippen LogP contribution in [0.5, 0.6) is 11.5 Å². The summed E-state index contributed by atoms with van der Waals surface area (Å²) in [6.07, 6.45) is 0.385. The number of rotatable bonds is 1. The minimum Gasteiger partial charge on any atom is -0.493 e. The first kappa shape index (κ1) is 9.04. The molecule has 0 spiro atoms. The third kappa shape index (κ3) is 1.16. The van der Waals surface area contributed by atoms with Gasteiger partial charge < -0.3 is 14.2 Å². The summed E-state index contributed by atoms with van der Waals surface area (Å²) in [5.74, 6) is 1.62. The maximum atomic E-state index is 5.95. The van der Waals surface area contributed by atoms with E-state index in [0.717, 1.165) is 17.1 Å². The molecule has 2 aliphatic rings. The molecule has 80 valence electrons. The van der Waals surface area contributed by atoms with E-state index in [4.69, 9.17) is 14.2 Å². The van der Waals surface area contributed by atoms with Crippen LogP contribution in [-0.4, -0.2) is 18.8 Å². The topological polar surface area (TPSA) is 31.0 Å². The van der Waals surface area contributed by atoms with Crippen LogP contribution >= 0.6 is 0 Å². The van der Waals surface area contributed by atoms with E-state index in [1.54, 1.807) is 7.11 Å². The molecule has 2 aliphatic heterocycles. The van der Waals surface area contributed by atoms with Crippen molar-refractivity contribution in [1.82, 2.24) is 0 Å². The van der Waals surface area contributed by atoms with Crippen LogP contribution in [0.15, 0.2) is 18.2 Å². The highest BCUT2D eigenvalue weighted by molar-refractivity contribution is 5.51. The molecule has 0 aliphatic carbocycles. The van der Waals surface area contributed by atoms with E-state index >= 15 is 0 Å². The number of methoxy groups -OCH3 is 1. The first-order valence-corrected chi connectivity index (χ1v) is 5.15. The van der Waals surface area contributed by atoms with Crippen molar-refractivity contribution < 1.29 is 14.2 Å². The Hall–Kier alpha value is -1.22. The zero-order chi connectivity index (χ0) is 10.6. The number of hydrogen-bond donors (Lipinski definition) is 0. The molecule has 0 radical (unpaired) electrons. The molecule has 0 saturated carbocycles. The van der Waals surface area contributed by atoms with Crippen molar-refractivity contribution in [3.05, 3.63) is 23.8 Å².